The third-order valence-corrected chi connectivity index (χ3v) is 2.74. The van der Waals surface area contributed by atoms with Gasteiger partial charge in [-0.25, -0.2) is 9.18 Å². The van der Waals surface area contributed by atoms with Gasteiger partial charge in [0.25, 0.3) is 5.91 Å². The average Bonchev–Trinajstić information content (AvgIpc) is 2.58. The van der Waals surface area contributed by atoms with Crippen LogP contribution in [-0.2, 0) is 11.3 Å². The number of likely N-dealkylation sites (N-methyl/N-ethyl adjacent to an activating group) is 1. The highest BCUT2D eigenvalue weighted by molar-refractivity contribution is 6.01. The van der Waals surface area contributed by atoms with Gasteiger partial charge in [0.05, 0.1) is 18.2 Å². The number of rotatable bonds is 2. The monoisotopic (exact) mass is 247 g/mol. The van der Waals surface area contributed by atoms with Gasteiger partial charge in [-0.15, -0.1) is 0 Å². The van der Waals surface area contributed by atoms with E-state index in [2.05, 4.69) is 0 Å². The summed E-state index contributed by atoms with van der Waals surface area (Å²) in [6, 6.07) is 5.32. The van der Waals surface area contributed by atoms with Crippen LogP contribution in [0, 0.1) is 17.1 Å². The highest BCUT2D eigenvalue weighted by Crippen LogP contribution is 2.16. The molecule has 0 N–H and O–H groups in total. The smallest absolute Gasteiger partial charge is 0.318 e. The van der Waals surface area contributed by atoms with E-state index in [4.69, 9.17) is 5.26 Å². The van der Waals surface area contributed by atoms with Crippen LogP contribution in [0.25, 0.3) is 0 Å². The Morgan fingerprint density at radius 1 is 1.44 bits per heavy atom. The van der Waals surface area contributed by atoms with E-state index in [0.717, 1.165) is 11.0 Å². The fourth-order valence-electron chi connectivity index (χ4n) is 1.74. The number of hydrogen-bond donors (Lipinski definition) is 0. The summed E-state index contributed by atoms with van der Waals surface area (Å²) in [5.41, 5.74) is 0.415. The summed E-state index contributed by atoms with van der Waals surface area (Å²) in [7, 11) is 1.51. The number of carbonyl (C=O) groups is 2. The molecule has 3 amide bonds. The van der Waals surface area contributed by atoms with E-state index in [1.165, 1.54) is 24.1 Å². The summed E-state index contributed by atoms with van der Waals surface area (Å²) in [4.78, 5) is 25.4. The number of benzene rings is 1. The molecule has 0 atom stereocenters. The third-order valence-electron chi connectivity index (χ3n) is 2.74. The second-order valence-corrected chi connectivity index (χ2v) is 4.04. The maximum atomic E-state index is 13.6. The van der Waals surface area contributed by atoms with Crippen molar-refractivity contribution in [3.8, 4) is 6.07 Å². The molecule has 0 saturated carbocycles. The Hall–Kier alpha value is -2.42. The molecular weight excluding hydrogens is 237 g/mol. The van der Waals surface area contributed by atoms with Crippen molar-refractivity contribution in [1.29, 1.82) is 5.26 Å². The van der Waals surface area contributed by atoms with Crippen LogP contribution in [0.4, 0.5) is 9.18 Å². The molecule has 0 unspecified atom stereocenters. The zero-order chi connectivity index (χ0) is 13.3. The molecule has 1 aliphatic heterocycles. The molecule has 5 nitrogen and oxygen atoms in total. The Morgan fingerprint density at radius 2 is 2.17 bits per heavy atom. The Bertz CT molecular complexity index is 565. The molecule has 1 saturated heterocycles. The van der Waals surface area contributed by atoms with Crippen molar-refractivity contribution < 1.29 is 14.0 Å². The molecule has 1 fully saturated rings. The van der Waals surface area contributed by atoms with Gasteiger partial charge in [-0.3, -0.25) is 9.69 Å². The van der Waals surface area contributed by atoms with Crippen molar-refractivity contribution in [2.45, 2.75) is 6.54 Å². The molecule has 1 heterocycles. The van der Waals surface area contributed by atoms with E-state index < -0.39 is 11.8 Å². The molecule has 0 radical (unpaired) electrons. The Morgan fingerprint density at radius 3 is 2.67 bits per heavy atom. The molecule has 0 bridgehead atoms. The lowest BCUT2D eigenvalue weighted by atomic mass is 10.1. The van der Waals surface area contributed by atoms with Crippen molar-refractivity contribution in [2.75, 3.05) is 13.6 Å². The van der Waals surface area contributed by atoms with Gasteiger partial charge in [0.1, 0.15) is 12.4 Å². The van der Waals surface area contributed by atoms with Crippen molar-refractivity contribution in [2.24, 2.45) is 0 Å². The minimum absolute atomic E-state index is 0.0106. The van der Waals surface area contributed by atoms with E-state index in [1.54, 1.807) is 0 Å². The Labute approximate surface area is 103 Å². The number of carbonyl (C=O) groups excluding carboxylic acids is 2. The van der Waals surface area contributed by atoms with Crippen LogP contribution in [0.3, 0.4) is 0 Å². The van der Waals surface area contributed by atoms with E-state index in [0.29, 0.717) is 0 Å². The molecule has 0 aliphatic carbocycles. The molecule has 92 valence electrons. The Balaban J connectivity index is 2.23. The van der Waals surface area contributed by atoms with Crippen LogP contribution < -0.4 is 0 Å². The van der Waals surface area contributed by atoms with Crippen LogP contribution in [-0.4, -0.2) is 35.3 Å². The predicted molar refractivity (Wildman–Crippen MR) is 59.7 cm³/mol. The third kappa shape index (κ3) is 2.02. The SMILES string of the molecule is CN1CC(=O)N(Cc2ccc(C#N)cc2F)C1=O. The van der Waals surface area contributed by atoms with Gasteiger partial charge in [-0.1, -0.05) is 6.07 Å². The fraction of sp³-hybridized carbons (Fsp3) is 0.250. The van der Waals surface area contributed by atoms with Gasteiger partial charge in [0, 0.05) is 12.6 Å². The fourth-order valence-corrected chi connectivity index (χ4v) is 1.74. The van der Waals surface area contributed by atoms with Crippen molar-refractivity contribution in [3.05, 3.63) is 35.1 Å². The highest BCUT2D eigenvalue weighted by atomic mass is 19.1. The van der Waals surface area contributed by atoms with Gasteiger partial charge in [-0.2, -0.15) is 5.26 Å². The molecule has 0 spiro atoms. The number of nitriles is 1. The number of hydrogen-bond acceptors (Lipinski definition) is 3. The summed E-state index contributed by atoms with van der Waals surface area (Å²) in [5, 5.41) is 8.61. The van der Waals surface area contributed by atoms with E-state index >= 15 is 0 Å². The molecular formula is C12H10FN3O2. The summed E-state index contributed by atoms with van der Waals surface area (Å²) in [6.45, 7) is -0.101. The first-order chi connectivity index (χ1) is 8.52. The summed E-state index contributed by atoms with van der Waals surface area (Å²) >= 11 is 0. The Kier molecular flexibility index (Phi) is 2.98. The minimum Gasteiger partial charge on any atom is -0.318 e. The van der Waals surface area contributed by atoms with Crippen molar-refractivity contribution >= 4 is 11.9 Å². The zero-order valence-corrected chi connectivity index (χ0v) is 9.68. The highest BCUT2D eigenvalue weighted by Gasteiger charge is 2.33. The maximum Gasteiger partial charge on any atom is 0.327 e. The quantitative estimate of drug-likeness (QED) is 0.735. The number of nitrogens with zero attached hydrogens (tertiary/aromatic N) is 3. The average molecular weight is 247 g/mol. The van der Waals surface area contributed by atoms with Gasteiger partial charge < -0.3 is 4.90 Å². The molecule has 2 rings (SSSR count). The van der Waals surface area contributed by atoms with Gasteiger partial charge >= 0.3 is 6.03 Å². The second kappa shape index (κ2) is 4.45. The molecule has 1 aromatic carbocycles. The number of amides is 3. The van der Waals surface area contributed by atoms with Crippen molar-refractivity contribution in [3.63, 3.8) is 0 Å². The first kappa shape index (κ1) is 12.0. The first-order valence-corrected chi connectivity index (χ1v) is 5.27. The minimum atomic E-state index is -0.593. The van der Waals surface area contributed by atoms with Crippen molar-refractivity contribution in [1.82, 2.24) is 9.80 Å². The standard InChI is InChI=1S/C12H10FN3O2/c1-15-7-11(17)16(12(15)18)6-9-3-2-8(5-14)4-10(9)13/h2-4H,6-7H2,1H3. The maximum absolute atomic E-state index is 13.6. The van der Waals surface area contributed by atoms with Gasteiger partial charge in [0.2, 0.25) is 0 Å². The molecule has 6 heteroatoms. The second-order valence-electron chi connectivity index (χ2n) is 4.04. The van der Waals surface area contributed by atoms with E-state index in [9.17, 15) is 14.0 Å². The lowest BCUT2D eigenvalue weighted by Gasteiger charge is -2.14. The topological polar surface area (TPSA) is 64.4 Å². The summed E-state index contributed by atoms with van der Waals surface area (Å²) in [5.74, 6) is -0.949. The van der Waals surface area contributed by atoms with E-state index in [-0.39, 0.29) is 30.1 Å². The zero-order valence-electron chi connectivity index (χ0n) is 9.68. The van der Waals surface area contributed by atoms with Crippen LogP contribution in [0.5, 0.6) is 0 Å². The van der Waals surface area contributed by atoms with Crippen LogP contribution in [0.15, 0.2) is 18.2 Å². The molecule has 0 aromatic heterocycles. The predicted octanol–water partition coefficient (Wildman–Crippen LogP) is 1.09. The lowest BCUT2D eigenvalue weighted by molar-refractivity contribution is -0.125. The normalized spacial score (nSPS) is 15.2. The molecule has 1 aliphatic rings. The van der Waals surface area contributed by atoms with Gasteiger partial charge in [-0.05, 0) is 12.1 Å². The van der Waals surface area contributed by atoms with Crippen LogP contribution in [0.1, 0.15) is 11.1 Å². The number of halogens is 1. The van der Waals surface area contributed by atoms with E-state index in [1.807, 2.05) is 6.07 Å². The van der Waals surface area contributed by atoms with Crippen LogP contribution in [0.2, 0.25) is 0 Å². The summed E-state index contributed by atoms with van der Waals surface area (Å²) in [6.07, 6.45) is 0. The molecule has 1 aromatic rings. The summed E-state index contributed by atoms with van der Waals surface area (Å²) < 4.78 is 13.6. The van der Waals surface area contributed by atoms with Gasteiger partial charge in [0.15, 0.2) is 0 Å². The number of urea groups is 1. The molecule has 18 heavy (non-hydrogen) atoms. The lowest BCUT2D eigenvalue weighted by Crippen LogP contribution is -2.31. The number of imide groups is 1. The van der Waals surface area contributed by atoms with Crippen LogP contribution >= 0.6 is 0 Å². The largest absolute Gasteiger partial charge is 0.327 e. The first-order valence-electron chi connectivity index (χ1n) is 5.27.